The summed E-state index contributed by atoms with van der Waals surface area (Å²) in [5.41, 5.74) is 0. The number of rotatable bonds is 4. The molecule has 3 atom stereocenters. The van der Waals surface area contributed by atoms with Gasteiger partial charge in [-0.1, -0.05) is 6.08 Å². The van der Waals surface area contributed by atoms with Gasteiger partial charge in [0.05, 0.1) is 6.10 Å². The molecule has 0 radical (unpaired) electrons. The van der Waals surface area contributed by atoms with Gasteiger partial charge in [0.2, 0.25) is 0 Å². The number of hydrogen-bond acceptors (Lipinski definition) is 3. The Labute approximate surface area is 96.8 Å². The number of carbonyl (C=O) groups excluding carboxylic acids is 1. The zero-order valence-corrected chi connectivity index (χ0v) is 9.69. The quantitative estimate of drug-likeness (QED) is 0.688. The van der Waals surface area contributed by atoms with Gasteiger partial charge in [-0.25, -0.2) is 0 Å². The lowest BCUT2D eigenvalue weighted by atomic mass is 9.99. The second kappa shape index (κ2) is 5.60. The van der Waals surface area contributed by atoms with Crippen LogP contribution in [0.1, 0.15) is 38.5 Å². The molecule has 3 heteroatoms. The van der Waals surface area contributed by atoms with Crippen LogP contribution in [0.25, 0.3) is 0 Å². The van der Waals surface area contributed by atoms with Crippen molar-refractivity contribution in [2.24, 2.45) is 5.92 Å². The van der Waals surface area contributed by atoms with Gasteiger partial charge in [0.15, 0.2) is 6.29 Å². The Hall–Kier alpha value is -0.670. The SMILES string of the molecule is C=CC(OC1CCCCO1)C1CCCC1=O. The average Bonchev–Trinajstić information content (AvgIpc) is 2.74. The van der Waals surface area contributed by atoms with Crippen molar-refractivity contribution >= 4 is 5.78 Å². The van der Waals surface area contributed by atoms with Gasteiger partial charge < -0.3 is 9.47 Å². The van der Waals surface area contributed by atoms with E-state index in [1.54, 1.807) is 6.08 Å². The van der Waals surface area contributed by atoms with E-state index in [0.717, 1.165) is 38.7 Å². The lowest BCUT2D eigenvalue weighted by Gasteiger charge is -2.28. The molecule has 3 unspecified atom stereocenters. The molecule has 1 aliphatic heterocycles. The molecular weight excluding hydrogens is 204 g/mol. The van der Waals surface area contributed by atoms with Gasteiger partial charge in [0.25, 0.3) is 0 Å². The standard InChI is InChI=1S/C13H20O3/c1-2-12(10-6-5-7-11(10)14)16-13-8-3-4-9-15-13/h2,10,12-13H,1,3-9H2. The first-order valence-electron chi connectivity index (χ1n) is 6.23. The predicted octanol–water partition coefficient (Wildman–Crippen LogP) is 2.45. The highest BCUT2D eigenvalue weighted by atomic mass is 16.7. The number of ether oxygens (including phenoxy) is 2. The van der Waals surface area contributed by atoms with Crippen LogP contribution in [0.3, 0.4) is 0 Å². The van der Waals surface area contributed by atoms with Crippen molar-refractivity contribution in [2.75, 3.05) is 6.61 Å². The Morgan fingerprint density at radius 1 is 1.38 bits per heavy atom. The fraction of sp³-hybridized carbons (Fsp3) is 0.769. The van der Waals surface area contributed by atoms with Crippen LogP contribution in [-0.2, 0) is 14.3 Å². The lowest BCUT2D eigenvalue weighted by molar-refractivity contribution is -0.187. The van der Waals surface area contributed by atoms with Gasteiger partial charge in [-0.2, -0.15) is 0 Å². The van der Waals surface area contributed by atoms with Crippen LogP contribution >= 0.6 is 0 Å². The van der Waals surface area contributed by atoms with E-state index in [-0.39, 0.29) is 18.3 Å². The highest BCUT2D eigenvalue weighted by Gasteiger charge is 2.33. The molecule has 1 heterocycles. The maximum Gasteiger partial charge on any atom is 0.158 e. The molecule has 2 rings (SSSR count). The van der Waals surface area contributed by atoms with Gasteiger partial charge in [0, 0.05) is 18.9 Å². The van der Waals surface area contributed by atoms with E-state index >= 15 is 0 Å². The highest BCUT2D eigenvalue weighted by Crippen LogP contribution is 2.28. The molecular formula is C13H20O3. The van der Waals surface area contributed by atoms with Crippen molar-refractivity contribution in [3.05, 3.63) is 12.7 Å². The summed E-state index contributed by atoms with van der Waals surface area (Å²) >= 11 is 0. The molecule has 2 fully saturated rings. The van der Waals surface area contributed by atoms with Gasteiger partial charge in [-0.3, -0.25) is 4.79 Å². The van der Waals surface area contributed by atoms with E-state index < -0.39 is 0 Å². The maximum absolute atomic E-state index is 11.6. The van der Waals surface area contributed by atoms with Crippen molar-refractivity contribution < 1.29 is 14.3 Å². The van der Waals surface area contributed by atoms with Crippen molar-refractivity contribution in [3.63, 3.8) is 0 Å². The summed E-state index contributed by atoms with van der Waals surface area (Å²) in [7, 11) is 0. The summed E-state index contributed by atoms with van der Waals surface area (Å²) in [6.07, 6.45) is 7.28. The van der Waals surface area contributed by atoms with E-state index in [1.807, 2.05) is 0 Å². The molecule has 1 saturated heterocycles. The Morgan fingerprint density at radius 2 is 2.25 bits per heavy atom. The third-order valence-corrected chi connectivity index (χ3v) is 3.43. The number of ketones is 1. The van der Waals surface area contributed by atoms with Gasteiger partial charge in [0.1, 0.15) is 5.78 Å². The van der Waals surface area contributed by atoms with E-state index in [1.165, 1.54) is 0 Å². The van der Waals surface area contributed by atoms with Crippen LogP contribution in [0.15, 0.2) is 12.7 Å². The van der Waals surface area contributed by atoms with Gasteiger partial charge in [-0.15, -0.1) is 6.58 Å². The first-order valence-corrected chi connectivity index (χ1v) is 6.23. The molecule has 0 aromatic rings. The summed E-state index contributed by atoms with van der Waals surface area (Å²) in [6, 6.07) is 0. The van der Waals surface area contributed by atoms with Crippen molar-refractivity contribution in [1.29, 1.82) is 0 Å². The van der Waals surface area contributed by atoms with Crippen molar-refractivity contribution in [3.8, 4) is 0 Å². The summed E-state index contributed by atoms with van der Waals surface area (Å²) in [4.78, 5) is 11.6. The van der Waals surface area contributed by atoms with Crippen LogP contribution in [0.2, 0.25) is 0 Å². The molecule has 3 nitrogen and oxygen atoms in total. The lowest BCUT2D eigenvalue weighted by Crippen LogP contribution is -2.32. The topological polar surface area (TPSA) is 35.5 Å². The molecule has 2 aliphatic rings. The zero-order chi connectivity index (χ0) is 11.4. The molecule has 0 spiro atoms. The molecule has 1 saturated carbocycles. The first kappa shape index (κ1) is 11.8. The second-order valence-corrected chi connectivity index (χ2v) is 4.60. The number of hydrogen-bond donors (Lipinski definition) is 0. The summed E-state index contributed by atoms with van der Waals surface area (Å²) in [6.45, 7) is 4.54. The molecule has 0 amide bonds. The molecule has 1 aliphatic carbocycles. The zero-order valence-electron chi connectivity index (χ0n) is 9.69. The summed E-state index contributed by atoms with van der Waals surface area (Å²) in [5, 5.41) is 0. The largest absolute Gasteiger partial charge is 0.353 e. The molecule has 0 bridgehead atoms. The van der Waals surface area contributed by atoms with E-state index in [2.05, 4.69) is 6.58 Å². The summed E-state index contributed by atoms with van der Waals surface area (Å²) < 4.78 is 11.4. The molecule has 0 aromatic heterocycles. The Bertz CT molecular complexity index is 256. The maximum atomic E-state index is 11.6. The molecule has 90 valence electrons. The Kier molecular flexibility index (Phi) is 4.13. The molecule has 0 N–H and O–H groups in total. The highest BCUT2D eigenvalue weighted by molar-refractivity contribution is 5.83. The minimum atomic E-state index is -0.155. The van der Waals surface area contributed by atoms with E-state index in [4.69, 9.17) is 9.47 Å². The normalized spacial score (nSPS) is 32.6. The monoisotopic (exact) mass is 224 g/mol. The van der Waals surface area contributed by atoms with Gasteiger partial charge >= 0.3 is 0 Å². The van der Waals surface area contributed by atoms with Crippen LogP contribution in [-0.4, -0.2) is 24.8 Å². The van der Waals surface area contributed by atoms with E-state index in [9.17, 15) is 4.79 Å². The Morgan fingerprint density at radius 3 is 2.81 bits per heavy atom. The predicted molar refractivity (Wildman–Crippen MR) is 61.0 cm³/mol. The minimum absolute atomic E-state index is 0.0167. The smallest absolute Gasteiger partial charge is 0.158 e. The molecule has 16 heavy (non-hydrogen) atoms. The summed E-state index contributed by atoms with van der Waals surface area (Å²) in [5.74, 6) is 0.337. The average molecular weight is 224 g/mol. The van der Waals surface area contributed by atoms with Crippen LogP contribution in [0.4, 0.5) is 0 Å². The number of carbonyl (C=O) groups is 1. The van der Waals surface area contributed by atoms with Gasteiger partial charge in [-0.05, 0) is 32.1 Å². The molecule has 0 aromatic carbocycles. The van der Waals surface area contributed by atoms with Crippen molar-refractivity contribution in [2.45, 2.75) is 50.9 Å². The second-order valence-electron chi connectivity index (χ2n) is 4.60. The van der Waals surface area contributed by atoms with Crippen molar-refractivity contribution in [1.82, 2.24) is 0 Å². The van der Waals surface area contributed by atoms with Crippen LogP contribution in [0.5, 0.6) is 0 Å². The third kappa shape index (κ3) is 2.71. The van der Waals surface area contributed by atoms with E-state index in [0.29, 0.717) is 12.2 Å². The first-order chi connectivity index (χ1) is 7.81. The Balaban J connectivity index is 1.88. The fourth-order valence-corrected chi connectivity index (χ4v) is 2.50. The van der Waals surface area contributed by atoms with Crippen LogP contribution in [0, 0.1) is 5.92 Å². The fourth-order valence-electron chi connectivity index (χ4n) is 2.50. The minimum Gasteiger partial charge on any atom is -0.353 e. The van der Waals surface area contributed by atoms with Crippen LogP contribution < -0.4 is 0 Å². The number of Topliss-reactive ketones (excluding diaryl/α,β-unsaturated/α-hetero) is 1. The third-order valence-electron chi connectivity index (χ3n) is 3.43.